The number of benzene rings is 2. The van der Waals surface area contributed by atoms with Crippen molar-refractivity contribution < 1.29 is 4.52 Å². The van der Waals surface area contributed by atoms with Crippen LogP contribution in [-0.2, 0) is 12.2 Å². The number of imidazole rings is 1. The molecule has 0 fully saturated rings. The van der Waals surface area contributed by atoms with Crippen LogP contribution in [0.2, 0.25) is 5.02 Å². The maximum Gasteiger partial charge on any atom is 0.237 e. The summed E-state index contributed by atoms with van der Waals surface area (Å²) in [6.07, 6.45) is 0.597. The average molecular weight is 357 g/mol. The first kappa shape index (κ1) is 15.2. The molecule has 2 heterocycles. The molecule has 0 amide bonds. The predicted octanol–water partition coefficient (Wildman–Crippen LogP) is 4.48. The molecule has 120 valence electrons. The number of H-pyrrole nitrogens is 1. The minimum atomic E-state index is 0.572. The Morgan fingerprint density at radius 2 is 2.00 bits per heavy atom. The van der Waals surface area contributed by atoms with E-state index in [0.29, 0.717) is 28.9 Å². The van der Waals surface area contributed by atoms with E-state index in [-0.39, 0.29) is 0 Å². The Kier molecular flexibility index (Phi) is 4.23. The molecule has 5 nitrogen and oxygen atoms in total. The Morgan fingerprint density at radius 3 is 2.88 bits per heavy atom. The van der Waals surface area contributed by atoms with Crippen LogP contribution in [-0.4, -0.2) is 20.1 Å². The summed E-state index contributed by atoms with van der Waals surface area (Å²) < 4.78 is 5.31. The van der Waals surface area contributed by atoms with Crippen LogP contribution in [0.15, 0.2) is 58.2 Å². The van der Waals surface area contributed by atoms with Crippen LogP contribution in [0.4, 0.5) is 0 Å². The summed E-state index contributed by atoms with van der Waals surface area (Å²) in [6, 6.07) is 15.6. The maximum absolute atomic E-state index is 5.99. The summed E-state index contributed by atoms with van der Waals surface area (Å²) in [7, 11) is 0. The summed E-state index contributed by atoms with van der Waals surface area (Å²) >= 11 is 7.53. The Hall–Kier alpha value is -2.31. The van der Waals surface area contributed by atoms with Crippen LogP contribution >= 0.6 is 23.4 Å². The Balaban J connectivity index is 1.41. The fourth-order valence-electron chi connectivity index (χ4n) is 2.38. The van der Waals surface area contributed by atoms with Gasteiger partial charge in [0.2, 0.25) is 5.89 Å². The smallest absolute Gasteiger partial charge is 0.237 e. The van der Waals surface area contributed by atoms with Gasteiger partial charge in [-0.1, -0.05) is 52.8 Å². The third-order valence-corrected chi connectivity index (χ3v) is 4.55. The number of para-hydroxylation sites is 2. The highest BCUT2D eigenvalue weighted by Crippen LogP contribution is 2.22. The van der Waals surface area contributed by atoms with Crippen molar-refractivity contribution in [2.45, 2.75) is 17.3 Å². The zero-order valence-corrected chi connectivity index (χ0v) is 14.1. The SMILES string of the molecule is Clc1cccc(Cc2noc(CSc3nc4ccccc4[nH]3)n2)c1. The highest BCUT2D eigenvalue weighted by atomic mass is 35.5. The lowest BCUT2D eigenvalue weighted by molar-refractivity contribution is 0.385. The van der Waals surface area contributed by atoms with Gasteiger partial charge in [0.05, 0.1) is 16.8 Å². The van der Waals surface area contributed by atoms with Gasteiger partial charge in [0.1, 0.15) is 0 Å². The molecule has 0 aliphatic rings. The van der Waals surface area contributed by atoms with Gasteiger partial charge in [-0.2, -0.15) is 4.98 Å². The van der Waals surface area contributed by atoms with Crippen molar-refractivity contribution >= 4 is 34.4 Å². The van der Waals surface area contributed by atoms with Crippen molar-refractivity contribution in [1.82, 2.24) is 20.1 Å². The van der Waals surface area contributed by atoms with Gasteiger partial charge in [-0.15, -0.1) is 0 Å². The van der Waals surface area contributed by atoms with E-state index in [1.807, 2.05) is 48.5 Å². The van der Waals surface area contributed by atoms with Gasteiger partial charge < -0.3 is 9.51 Å². The summed E-state index contributed by atoms with van der Waals surface area (Å²) in [5, 5.41) is 5.57. The molecule has 0 saturated carbocycles. The number of aromatic amines is 1. The lowest BCUT2D eigenvalue weighted by Gasteiger charge is -1.96. The van der Waals surface area contributed by atoms with Crippen LogP contribution in [0.3, 0.4) is 0 Å². The predicted molar refractivity (Wildman–Crippen MR) is 94.2 cm³/mol. The fourth-order valence-corrected chi connectivity index (χ4v) is 3.31. The van der Waals surface area contributed by atoms with Crippen LogP contribution in [0.1, 0.15) is 17.3 Å². The van der Waals surface area contributed by atoms with Crippen molar-refractivity contribution in [3.05, 3.63) is 70.8 Å². The molecule has 4 rings (SSSR count). The third-order valence-electron chi connectivity index (χ3n) is 3.46. The molecule has 0 unspecified atom stereocenters. The average Bonchev–Trinajstić information content (AvgIpc) is 3.19. The first-order valence-corrected chi connectivity index (χ1v) is 8.76. The zero-order valence-electron chi connectivity index (χ0n) is 12.6. The molecule has 0 radical (unpaired) electrons. The van der Waals surface area contributed by atoms with Gasteiger partial charge in [-0.05, 0) is 29.8 Å². The van der Waals surface area contributed by atoms with Gasteiger partial charge in [0, 0.05) is 11.4 Å². The second-order valence-corrected chi connectivity index (χ2v) is 6.66. The number of aromatic nitrogens is 4. The van der Waals surface area contributed by atoms with E-state index in [2.05, 4.69) is 20.1 Å². The van der Waals surface area contributed by atoms with Crippen LogP contribution in [0, 0.1) is 0 Å². The molecule has 1 N–H and O–H groups in total. The monoisotopic (exact) mass is 356 g/mol. The Labute approximate surface area is 147 Å². The van der Waals surface area contributed by atoms with E-state index in [9.17, 15) is 0 Å². The van der Waals surface area contributed by atoms with Gasteiger partial charge in [0.15, 0.2) is 11.0 Å². The van der Waals surface area contributed by atoms with Crippen LogP contribution in [0.5, 0.6) is 0 Å². The summed E-state index contributed by atoms with van der Waals surface area (Å²) in [4.78, 5) is 12.2. The second kappa shape index (κ2) is 6.67. The Bertz CT molecular complexity index is 948. The van der Waals surface area contributed by atoms with Crippen molar-refractivity contribution in [3.63, 3.8) is 0 Å². The number of thioether (sulfide) groups is 1. The summed E-state index contributed by atoms with van der Waals surface area (Å²) in [5.41, 5.74) is 3.03. The normalized spacial score (nSPS) is 11.2. The molecular formula is C17H13ClN4OS. The highest BCUT2D eigenvalue weighted by molar-refractivity contribution is 7.98. The van der Waals surface area contributed by atoms with E-state index < -0.39 is 0 Å². The number of nitrogens with one attached hydrogen (secondary N) is 1. The van der Waals surface area contributed by atoms with E-state index in [1.165, 1.54) is 11.8 Å². The van der Waals surface area contributed by atoms with Crippen molar-refractivity contribution in [1.29, 1.82) is 0 Å². The Morgan fingerprint density at radius 1 is 1.08 bits per heavy atom. The molecule has 0 aliphatic heterocycles. The molecular weight excluding hydrogens is 344 g/mol. The summed E-state index contributed by atoms with van der Waals surface area (Å²) in [6.45, 7) is 0. The molecule has 0 aliphatic carbocycles. The standard InChI is InChI=1S/C17H13ClN4OS/c18-12-5-3-4-11(8-12)9-15-21-16(23-22-15)10-24-17-19-13-6-1-2-7-14(13)20-17/h1-8H,9-10H2,(H,19,20). The zero-order chi connectivity index (χ0) is 16.4. The molecule has 4 aromatic rings. The van der Waals surface area contributed by atoms with Crippen molar-refractivity contribution in [2.24, 2.45) is 0 Å². The van der Waals surface area contributed by atoms with E-state index in [0.717, 1.165) is 21.8 Å². The number of nitrogens with zero attached hydrogens (tertiary/aromatic N) is 3. The molecule has 7 heteroatoms. The lowest BCUT2D eigenvalue weighted by atomic mass is 10.1. The molecule has 0 spiro atoms. The van der Waals surface area contributed by atoms with E-state index >= 15 is 0 Å². The van der Waals surface area contributed by atoms with Crippen molar-refractivity contribution in [3.8, 4) is 0 Å². The topological polar surface area (TPSA) is 67.6 Å². The van der Waals surface area contributed by atoms with Crippen LogP contribution < -0.4 is 0 Å². The van der Waals surface area contributed by atoms with Crippen molar-refractivity contribution in [2.75, 3.05) is 0 Å². The number of fused-ring (bicyclic) bond motifs is 1. The van der Waals surface area contributed by atoms with E-state index in [4.69, 9.17) is 16.1 Å². The molecule has 2 aromatic carbocycles. The molecule has 2 aromatic heterocycles. The minimum Gasteiger partial charge on any atom is -0.338 e. The van der Waals surface area contributed by atoms with Gasteiger partial charge in [0.25, 0.3) is 0 Å². The summed E-state index contributed by atoms with van der Waals surface area (Å²) in [5.74, 6) is 1.80. The number of rotatable bonds is 5. The first-order valence-electron chi connectivity index (χ1n) is 7.40. The number of hydrogen-bond donors (Lipinski definition) is 1. The molecule has 0 bridgehead atoms. The highest BCUT2D eigenvalue weighted by Gasteiger charge is 2.10. The first-order chi connectivity index (χ1) is 11.8. The fraction of sp³-hybridized carbons (Fsp3) is 0.118. The quantitative estimate of drug-likeness (QED) is 0.534. The van der Waals surface area contributed by atoms with Crippen LogP contribution in [0.25, 0.3) is 11.0 Å². The van der Waals surface area contributed by atoms with Gasteiger partial charge in [-0.3, -0.25) is 0 Å². The van der Waals surface area contributed by atoms with Gasteiger partial charge >= 0.3 is 0 Å². The van der Waals surface area contributed by atoms with Gasteiger partial charge in [-0.25, -0.2) is 4.98 Å². The number of halogens is 1. The minimum absolute atomic E-state index is 0.572. The molecule has 0 atom stereocenters. The maximum atomic E-state index is 5.99. The molecule has 24 heavy (non-hydrogen) atoms. The largest absolute Gasteiger partial charge is 0.338 e. The third kappa shape index (κ3) is 3.44. The molecule has 0 saturated heterocycles. The lowest BCUT2D eigenvalue weighted by Crippen LogP contribution is -1.91. The second-order valence-electron chi connectivity index (χ2n) is 5.26. The number of hydrogen-bond acceptors (Lipinski definition) is 5. The van der Waals surface area contributed by atoms with E-state index in [1.54, 1.807) is 0 Å².